The molecule has 0 bridgehead atoms. The van der Waals surface area contributed by atoms with Gasteiger partial charge < -0.3 is 9.47 Å². The molecule has 134 valence electrons. The second kappa shape index (κ2) is 6.27. The second-order valence-electron chi connectivity index (χ2n) is 6.48. The number of carbonyl (C=O) groups excluding carboxylic acids is 1. The lowest BCUT2D eigenvalue weighted by Gasteiger charge is -2.32. The van der Waals surface area contributed by atoms with Crippen LogP contribution in [0.1, 0.15) is 34.8 Å². The summed E-state index contributed by atoms with van der Waals surface area (Å²) in [4.78, 5) is 18.2. The molecule has 25 heavy (non-hydrogen) atoms. The van der Waals surface area contributed by atoms with Crippen molar-refractivity contribution in [2.75, 3.05) is 20.6 Å². The van der Waals surface area contributed by atoms with Crippen molar-refractivity contribution in [3.05, 3.63) is 47.5 Å². The van der Waals surface area contributed by atoms with Gasteiger partial charge in [0.05, 0.1) is 10.9 Å². The Bertz CT molecular complexity index is 900. The monoisotopic (exact) mass is 362 g/mol. The molecule has 8 heteroatoms. The standard InChI is InChI=1S/C17H22N4O3S/c1-12-5-7-14(8-6-12)25(23,24)21-10-9-20-11-15(17(22)19(3)4)18-16(20)13(21)2/h5-8,11,13H,9-10H2,1-4H3/t13-/m0/s1. The zero-order valence-electron chi connectivity index (χ0n) is 14.8. The van der Waals surface area contributed by atoms with Crippen molar-refractivity contribution in [2.24, 2.45) is 0 Å². The first-order valence-electron chi connectivity index (χ1n) is 8.09. The van der Waals surface area contributed by atoms with Crippen molar-refractivity contribution in [2.45, 2.75) is 31.3 Å². The lowest BCUT2D eigenvalue weighted by molar-refractivity contribution is 0.0822. The largest absolute Gasteiger partial charge is 0.343 e. The van der Waals surface area contributed by atoms with E-state index < -0.39 is 16.1 Å². The third-order valence-corrected chi connectivity index (χ3v) is 6.41. The number of benzene rings is 1. The van der Waals surface area contributed by atoms with E-state index in [9.17, 15) is 13.2 Å². The maximum atomic E-state index is 13.0. The Morgan fingerprint density at radius 2 is 1.84 bits per heavy atom. The third-order valence-electron chi connectivity index (χ3n) is 4.43. The van der Waals surface area contributed by atoms with Crippen LogP contribution in [-0.4, -0.2) is 53.7 Å². The summed E-state index contributed by atoms with van der Waals surface area (Å²) in [6.07, 6.45) is 1.70. The van der Waals surface area contributed by atoms with Crippen LogP contribution in [0.25, 0.3) is 0 Å². The van der Waals surface area contributed by atoms with Crippen molar-refractivity contribution in [3.63, 3.8) is 0 Å². The lowest BCUT2D eigenvalue weighted by Crippen LogP contribution is -2.41. The van der Waals surface area contributed by atoms with E-state index in [1.54, 1.807) is 51.5 Å². The topological polar surface area (TPSA) is 75.5 Å². The van der Waals surface area contributed by atoms with Crippen LogP contribution in [0.15, 0.2) is 35.4 Å². The van der Waals surface area contributed by atoms with Crippen molar-refractivity contribution in [1.29, 1.82) is 0 Å². The van der Waals surface area contributed by atoms with Gasteiger partial charge in [-0.15, -0.1) is 0 Å². The van der Waals surface area contributed by atoms with Gasteiger partial charge in [-0.05, 0) is 26.0 Å². The number of nitrogens with zero attached hydrogens (tertiary/aromatic N) is 4. The van der Waals surface area contributed by atoms with Crippen molar-refractivity contribution >= 4 is 15.9 Å². The molecule has 1 aromatic heterocycles. The average molecular weight is 362 g/mol. The Hall–Kier alpha value is -2.19. The first-order chi connectivity index (χ1) is 11.7. The first kappa shape index (κ1) is 17.6. The number of hydrogen-bond acceptors (Lipinski definition) is 4. The summed E-state index contributed by atoms with van der Waals surface area (Å²) in [6.45, 7) is 4.53. The molecule has 0 N–H and O–H groups in total. The van der Waals surface area contributed by atoms with Gasteiger partial charge in [-0.2, -0.15) is 4.31 Å². The molecule has 0 fully saturated rings. The predicted molar refractivity (Wildman–Crippen MR) is 93.7 cm³/mol. The van der Waals surface area contributed by atoms with Gasteiger partial charge >= 0.3 is 0 Å². The van der Waals surface area contributed by atoms with Crippen LogP contribution in [0.4, 0.5) is 0 Å². The SMILES string of the molecule is Cc1ccc(S(=O)(=O)N2CCn3cc(C(=O)N(C)C)nc3[C@@H]2C)cc1. The minimum atomic E-state index is -3.61. The Labute approximate surface area is 147 Å². The zero-order chi connectivity index (χ0) is 18.4. The number of carbonyl (C=O) groups is 1. The van der Waals surface area contributed by atoms with Gasteiger partial charge in [0.2, 0.25) is 10.0 Å². The first-order valence-corrected chi connectivity index (χ1v) is 9.53. The summed E-state index contributed by atoms with van der Waals surface area (Å²) in [5.74, 6) is 0.397. The fourth-order valence-corrected chi connectivity index (χ4v) is 4.56. The van der Waals surface area contributed by atoms with E-state index in [1.807, 2.05) is 11.5 Å². The van der Waals surface area contributed by atoms with Crippen LogP contribution in [-0.2, 0) is 16.6 Å². The Kier molecular flexibility index (Phi) is 4.42. The predicted octanol–water partition coefficient (Wildman–Crippen LogP) is 1.66. The van der Waals surface area contributed by atoms with Gasteiger partial charge in [-0.1, -0.05) is 17.7 Å². The minimum absolute atomic E-state index is 0.193. The van der Waals surface area contributed by atoms with Gasteiger partial charge in [0.15, 0.2) is 0 Å². The second-order valence-corrected chi connectivity index (χ2v) is 8.37. The molecular weight excluding hydrogens is 340 g/mol. The number of sulfonamides is 1. The number of hydrogen-bond donors (Lipinski definition) is 0. The summed E-state index contributed by atoms with van der Waals surface area (Å²) >= 11 is 0. The number of rotatable bonds is 3. The number of aromatic nitrogens is 2. The van der Waals surface area contributed by atoms with Gasteiger partial charge in [0.25, 0.3) is 5.91 Å². The van der Waals surface area contributed by atoms with E-state index in [0.29, 0.717) is 24.6 Å². The number of aryl methyl sites for hydroxylation is 1. The van der Waals surface area contributed by atoms with Crippen molar-refractivity contribution in [1.82, 2.24) is 18.8 Å². The summed E-state index contributed by atoms with van der Waals surface area (Å²) < 4.78 is 29.3. The summed E-state index contributed by atoms with van der Waals surface area (Å²) in [5, 5.41) is 0. The molecule has 0 spiro atoms. The Morgan fingerprint density at radius 3 is 2.44 bits per heavy atom. The highest BCUT2D eigenvalue weighted by atomic mass is 32.2. The molecular formula is C17H22N4O3S. The van der Waals surface area contributed by atoms with Gasteiger partial charge in [-0.25, -0.2) is 13.4 Å². The smallest absolute Gasteiger partial charge is 0.273 e. The van der Waals surface area contributed by atoms with E-state index in [4.69, 9.17) is 0 Å². The van der Waals surface area contributed by atoms with E-state index in [-0.39, 0.29) is 10.8 Å². The number of imidazole rings is 1. The molecule has 1 atom stereocenters. The molecule has 0 aliphatic carbocycles. The van der Waals surface area contributed by atoms with Gasteiger partial charge in [0.1, 0.15) is 11.5 Å². The molecule has 1 amide bonds. The van der Waals surface area contributed by atoms with Gasteiger partial charge in [0, 0.05) is 33.4 Å². The molecule has 7 nitrogen and oxygen atoms in total. The molecule has 3 rings (SSSR count). The molecule has 0 radical (unpaired) electrons. The summed E-state index contributed by atoms with van der Waals surface area (Å²) in [7, 11) is -0.283. The van der Waals surface area contributed by atoms with Crippen LogP contribution in [0.3, 0.4) is 0 Å². The van der Waals surface area contributed by atoms with Crippen LogP contribution >= 0.6 is 0 Å². The molecule has 1 aliphatic rings. The van der Waals surface area contributed by atoms with E-state index in [0.717, 1.165) is 5.56 Å². The van der Waals surface area contributed by atoms with E-state index in [2.05, 4.69) is 4.98 Å². The molecule has 0 unspecified atom stereocenters. The van der Waals surface area contributed by atoms with Gasteiger partial charge in [-0.3, -0.25) is 4.79 Å². The summed E-state index contributed by atoms with van der Waals surface area (Å²) in [6, 6.07) is 6.38. The Morgan fingerprint density at radius 1 is 1.20 bits per heavy atom. The molecule has 0 saturated heterocycles. The molecule has 2 aromatic rings. The highest BCUT2D eigenvalue weighted by molar-refractivity contribution is 7.89. The third kappa shape index (κ3) is 3.07. The number of amides is 1. The average Bonchev–Trinajstić information content (AvgIpc) is 2.99. The zero-order valence-corrected chi connectivity index (χ0v) is 15.6. The maximum Gasteiger partial charge on any atom is 0.273 e. The minimum Gasteiger partial charge on any atom is -0.343 e. The fraction of sp³-hybridized carbons (Fsp3) is 0.412. The Balaban J connectivity index is 1.94. The van der Waals surface area contributed by atoms with Crippen molar-refractivity contribution in [3.8, 4) is 0 Å². The number of fused-ring (bicyclic) bond motifs is 1. The van der Waals surface area contributed by atoms with Crippen LogP contribution in [0.2, 0.25) is 0 Å². The van der Waals surface area contributed by atoms with E-state index >= 15 is 0 Å². The van der Waals surface area contributed by atoms with E-state index in [1.165, 1.54) is 9.21 Å². The van der Waals surface area contributed by atoms with Crippen LogP contribution in [0.5, 0.6) is 0 Å². The van der Waals surface area contributed by atoms with Crippen molar-refractivity contribution < 1.29 is 13.2 Å². The lowest BCUT2D eigenvalue weighted by atomic mass is 10.2. The molecule has 1 aliphatic heterocycles. The quantitative estimate of drug-likeness (QED) is 0.832. The molecule has 0 saturated carbocycles. The maximum absolute atomic E-state index is 13.0. The molecule has 2 heterocycles. The fourth-order valence-electron chi connectivity index (χ4n) is 2.98. The van der Waals surface area contributed by atoms with Crippen LogP contribution in [0, 0.1) is 6.92 Å². The molecule has 1 aromatic carbocycles. The normalized spacial score (nSPS) is 18.0. The van der Waals surface area contributed by atoms with Crippen LogP contribution < -0.4 is 0 Å². The highest BCUT2D eigenvalue weighted by Crippen LogP contribution is 2.30. The highest BCUT2D eigenvalue weighted by Gasteiger charge is 2.36. The summed E-state index contributed by atoms with van der Waals surface area (Å²) in [5.41, 5.74) is 1.34.